The van der Waals surface area contributed by atoms with Gasteiger partial charge in [-0.25, -0.2) is 4.98 Å². The number of nitriles is 1. The van der Waals surface area contributed by atoms with Crippen LogP contribution in [0.5, 0.6) is 0 Å². The first-order chi connectivity index (χ1) is 13.7. The van der Waals surface area contributed by atoms with E-state index in [1.165, 1.54) is 11.8 Å². The number of anilines is 1. The van der Waals surface area contributed by atoms with Crippen LogP contribution < -0.4 is 5.32 Å². The fraction of sp³-hybridized carbons (Fsp3) is 0.0455. The standard InChI is InChI=1S/C22H16N4OS/c23-13-16-5-11-19(12-6-16)28-14-22(27)25-17-7-9-18(10-8-17)26-15-24-20-3-1-2-4-21(20)26/h1-12,15H,14H2,(H,25,27). The van der Waals surface area contributed by atoms with Gasteiger partial charge in [-0.2, -0.15) is 5.26 Å². The zero-order chi connectivity index (χ0) is 19.3. The molecule has 136 valence electrons. The molecule has 0 fully saturated rings. The molecule has 1 aromatic heterocycles. The second-order valence-corrected chi connectivity index (χ2v) is 7.17. The molecule has 1 heterocycles. The van der Waals surface area contributed by atoms with E-state index in [9.17, 15) is 4.79 Å². The Morgan fingerprint density at radius 2 is 1.79 bits per heavy atom. The minimum absolute atomic E-state index is 0.0739. The van der Waals surface area contributed by atoms with Gasteiger partial charge in [-0.1, -0.05) is 12.1 Å². The van der Waals surface area contributed by atoms with E-state index in [0.717, 1.165) is 27.3 Å². The molecule has 0 bridgehead atoms. The highest BCUT2D eigenvalue weighted by Gasteiger charge is 2.06. The van der Waals surface area contributed by atoms with Gasteiger partial charge >= 0.3 is 0 Å². The van der Waals surface area contributed by atoms with Gasteiger partial charge in [0.15, 0.2) is 0 Å². The minimum Gasteiger partial charge on any atom is -0.325 e. The summed E-state index contributed by atoms with van der Waals surface area (Å²) in [5, 5.41) is 11.7. The molecule has 4 aromatic rings. The van der Waals surface area contributed by atoms with E-state index >= 15 is 0 Å². The number of nitrogens with one attached hydrogen (secondary N) is 1. The molecule has 0 aliphatic carbocycles. The van der Waals surface area contributed by atoms with Crippen LogP contribution in [0.2, 0.25) is 0 Å². The number of para-hydroxylation sites is 2. The summed E-state index contributed by atoms with van der Waals surface area (Å²) in [6.45, 7) is 0. The summed E-state index contributed by atoms with van der Waals surface area (Å²) in [5.41, 5.74) is 4.33. The lowest BCUT2D eigenvalue weighted by Crippen LogP contribution is -2.13. The highest BCUT2D eigenvalue weighted by Crippen LogP contribution is 2.21. The third-order valence-corrected chi connectivity index (χ3v) is 5.25. The number of hydrogen-bond donors (Lipinski definition) is 1. The van der Waals surface area contributed by atoms with Gasteiger partial charge in [0.2, 0.25) is 5.91 Å². The largest absolute Gasteiger partial charge is 0.325 e. The van der Waals surface area contributed by atoms with Crippen LogP contribution in [0.4, 0.5) is 5.69 Å². The number of benzene rings is 3. The lowest BCUT2D eigenvalue weighted by molar-refractivity contribution is -0.113. The fourth-order valence-corrected chi connectivity index (χ4v) is 3.54. The van der Waals surface area contributed by atoms with Crippen molar-refractivity contribution in [3.05, 3.63) is 84.7 Å². The Morgan fingerprint density at radius 1 is 1.04 bits per heavy atom. The zero-order valence-electron chi connectivity index (χ0n) is 14.9. The monoisotopic (exact) mass is 384 g/mol. The molecule has 0 unspecified atom stereocenters. The smallest absolute Gasteiger partial charge is 0.234 e. The van der Waals surface area contributed by atoms with Crippen LogP contribution in [-0.2, 0) is 4.79 Å². The Labute approximate surface area is 166 Å². The van der Waals surface area contributed by atoms with Crippen LogP contribution in [-0.4, -0.2) is 21.2 Å². The van der Waals surface area contributed by atoms with Crippen molar-refractivity contribution in [1.29, 1.82) is 5.26 Å². The molecule has 0 spiro atoms. The number of carbonyl (C=O) groups excluding carboxylic acids is 1. The summed E-state index contributed by atoms with van der Waals surface area (Å²) in [6, 6.07) is 24.9. The number of carbonyl (C=O) groups is 1. The minimum atomic E-state index is -0.0739. The molecule has 5 nitrogen and oxygen atoms in total. The predicted octanol–water partition coefficient (Wildman–Crippen LogP) is 4.63. The number of imidazole rings is 1. The Kier molecular flexibility index (Phi) is 5.09. The van der Waals surface area contributed by atoms with Gasteiger partial charge in [0.25, 0.3) is 0 Å². The molecule has 0 saturated carbocycles. The average Bonchev–Trinajstić information content (AvgIpc) is 3.17. The van der Waals surface area contributed by atoms with E-state index in [-0.39, 0.29) is 5.91 Å². The van der Waals surface area contributed by atoms with Crippen LogP contribution in [0.1, 0.15) is 5.56 Å². The lowest BCUT2D eigenvalue weighted by atomic mass is 10.2. The average molecular weight is 384 g/mol. The van der Waals surface area contributed by atoms with Gasteiger partial charge in [0.05, 0.1) is 28.4 Å². The number of fused-ring (bicyclic) bond motifs is 1. The van der Waals surface area contributed by atoms with E-state index in [1.54, 1.807) is 18.5 Å². The number of aromatic nitrogens is 2. The Hall–Kier alpha value is -3.56. The lowest BCUT2D eigenvalue weighted by Gasteiger charge is -2.08. The van der Waals surface area contributed by atoms with Gasteiger partial charge < -0.3 is 5.32 Å². The third-order valence-electron chi connectivity index (χ3n) is 4.24. The summed E-state index contributed by atoms with van der Waals surface area (Å²) in [5.74, 6) is 0.231. The predicted molar refractivity (Wildman–Crippen MR) is 112 cm³/mol. The summed E-state index contributed by atoms with van der Waals surface area (Å²) in [4.78, 5) is 17.6. The van der Waals surface area contributed by atoms with E-state index in [2.05, 4.69) is 16.4 Å². The van der Waals surface area contributed by atoms with Crippen LogP contribution in [0, 0.1) is 11.3 Å². The molecule has 0 radical (unpaired) electrons. The molecular weight excluding hydrogens is 368 g/mol. The van der Waals surface area contributed by atoms with Crippen LogP contribution in [0.15, 0.2) is 84.0 Å². The third kappa shape index (κ3) is 3.90. The van der Waals surface area contributed by atoms with Crippen molar-refractivity contribution in [3.8, 4) is 11.8 Å². The van der Waals surface area contributed by atoms with Crippen molar-refractivity contribution in [2.24, 2.45) is 0 Å². The van der Waals surface area contributed by atoms with E-state index < -0.39 is 0 Å². The Morgan fingerprint density at radius 3 is 2.54 bits per heavy atom. The highest BCUT2D eigenvalue weighted by molar-refractivity contribution is 8.00. The first kappa shape index (κ1) is 17.8. The van der Waals surface area contributed by atoms with E-state index in [1.807, 2.05) is 65.2 Å². The maximum absolute atomic E-state index is 12.2. The molecule has 6 heteroatoms. The van der Waals surface area contributed by atoms with Gasteiger partial charge in [-0.3, -0.25) is 9.36 Å². The Bertz CT molecular complexity index is 1160. The molecule has 1 N–H and O–H groups in total. The van der Waals surface area contributed by atoms with E-state index in [4.69, 9.17) is 5.26 Å². The van der Waals surface area contributed by atoms with Gasteiger partial charge in [-0.15, -0.1) is 11.8 Å². The zero-order valence-corrected chi connectivity index (χ0v) is 15.7. The first-order valence-corrected chi connectivity index (χ1v) is 9.67. The second kappa shape index (κ2) is 7.99. The number of rotatable bonds is 5. The van der Waals surface area contributed by atoms with Gasteiger partial charge in [0, 0.05) is 16.3 Å². The molecule has 0 aliphatic rings. The molecule has 28 heavy (non-hydrogen) atoms. The van der Waals surface area contributed by atoms with Crippen molar-refractivity contribution in [2.75, 3.05) is 11.1 Å². The SMILES string of the molecule is N#Cc1ccc(SCC(=O)Nc2ccc(-n3cnc4ccccc43)cc2)cc1. The number of amides is 1. The van der Waals surface area contributed by atoms with Crippen molar-refractivity contribution < 1.29 is 4.79 Å². The topological polar surface area (TPSA) is 70.7 Å². The number of hydrogen-bond acceptors (Lipinski definition) is 4. The van der Waals surface area contributed by atoms with Gasteiger partial charge in [0.1, 0.15) is 6.33 Å². The van der Waals surface area contributed by atoms with Crippen LogP contribution in [0.3, 0.4) is 0 Å². The Balaban J connectivity index is 1.38. The fourth-order valence-electron chi connectivity index (χ4n) is 2.84. The maximum Gasteiger partial charge on any atom is 0.234 e. The summed E-state index contributed by atoms with van der Waals surface area (Å²) in [6.07, 6.45) is 1.80. The first-order valence-electron chi connectivity index (χ1n) is 8.68. The molecule has 0 aliphatic heterocycles. The normalized spacial score (nSPS) is 10.5. The number of thioether (sulfide) groups is 1. The maximum atomic E-state index is 12.2. The van der Waals surface area contributed by atoms with Crippen molar-refractivity contribution >= 4 is 34.4 Å². The van der Waals surface area contributed by atoms with Crippen LogP contribution in [0.25, 0.3) is 16.7 Å². The molecule has 0 atom stereocenters. The molecule has 4 rings (SSSR count). The summed E-state index contributed by atoms with van der Waals surface area (Å²) in [7, 11) is 0. The molecule has 3 aromatic carbocycles. The van der Waals surface area contributed by atoms with Crippen molar-refractivity contribution in [3.63, 3.8) is 0 Å². The van der Waals surface area contributed by atoms with Crippen LogP contribution >= 0.6 is 11.8 Å². The van der Waals surface area contributed by atoms with Gasteiger partial charge in [-0.05, 0) is 60.7 Å². The summed E-state index contributed by atoms with van der Waals surface area (Å²) >= 11 is 1.44. The molecular formula is C22H16N4OS. The van der Waals surface area contributed by atoms with Crippen molar-refractivity contribution in [2.45, 2.75) is 4.90 Å². The van der Waals surface area contributed by atoms with Crippen molar-refractivity contribution in [1.82, 2.24) is 9.55 Å². The second-order valence-electron chi connectivity index (χ2n) is 6.12. The molecule has 0 saturated heterocycles. The summed E-state index contributed by atoms with van der Waals surface area (Å²) < 4.78 is 2.02. The highest BCUT2D eigenvalue weighted by atomic mass is 32.2. The molecule has 1 amide bonds. The number of nitrogens with zero attached hydrogens (tertiary/aromatic N) is 3. The quantitative estimate of drug-likeness (QED) is 0.509. The van der Waals surface area contributed by atoms with E-state index in [0.29, 0.717) is 11.3 Å².